The third kappa shape index (κ3) is 4.15. The third-order valence-electron chi connectivity index (χ3n) is 3.57. The quantitative estimate of drug-likeness (QED) is 0.843. The van der Waals surface area contributed by atoms with Crippen molar-refractivity contribution in [3.63, 3.8) is 0 Å². The van der Waals surface area contributed by atoms with Crippen LogP contribution in [0.25, 0.3) is 0 Å². The van der Waals surface area contributed by atoms with Gasteiger partial charge in [0, 0.05) is 6.54 Å². The molecule has 0 aliphatic carbocycles. The van der Waals surface area contributed by atoms with Gasteiger partial charge >= 0.3 is 0 Å². The average molecular weight is 319 g/mol. The highest BCUT2D eigenvalue weighted by molar-refractivity contribution is 5.96. The smallest absolute Gasteiger partial charge is 0.256 e. The van der Waals surface area contributed by atoms with Crippen molar-refractivity contribution in [2.75, 3.05) is 6.54 Å². The van der Waals surface area contributed by atoms with E-state index in [0.717, 1.165) is 5.56 Å². The Hall–Kier alpha value is -2.70. The molecule has 7 heteroatoms. The third-order valence-corrected chi connectivity index (χ3v) is 3.57. The number of amides is 2. The number of rotatable bonds is 6. The van der Waals surface area contributed by atoms with Gasteiger partial charge in [0.2, 0.25) is 5.91 Å². The molecule has 0 aliphatic heterocycles. The Morgan fingerprint density at radius 3 is 2.48 bits per heavy atom. The zero-order valence-electron chi connectivity index (χ0n) is 12.9. The normalized spacial score (nSPS) is 12.0. The van der Waals surface area contributed by atoms with Crippen molar-refractivity contribution >= 4 is 11.8 Å². The Morgan fingerprint density at radius 1 is 1.30 bits per heavy atom. The van der Waals surface area contributed by atoms with E-state index >= 15 is 0 Å². The second kappa shape index (κ2) is 7.04. The number of aromatic nitrogens is 1. The van der Waals surface area contributed by atoms with Crippen LogP contribution in [0.4, 0.5) is 4.39 Å². The summed E-state index contributed by atoms with van der Waals surface area (Å²) in [4.78, 5) is 23.7. The fraction of sp³-hybridized carbons (Fsp3) is 0.312. The predicted octanol–water partition coefficient (Wildman–Crippen LogP) is 1.50. The van der Waals surface area contributed by atoms with Crippen molar-refractivity contribution in [3.8, 4) is 0 Å². The summed E-state index contributed by atoms with van der Waals surface area (Å²) in [5.41, 5.74) is 6.99. The molecule has 0 saturated carbocycles. The Bertz CT molecular complexity index is 690. The number of halogens is 1. The maximum absolute atomic E-state index is 12.9. The van der Waals surface area contributed by atoms with Gasteiger partial charge in [-0.15, -0.1) is 0 Å². The van der Waals surface area contributed by atoms with Crippen molar-refractivity contribution in [2.24, 2.45) is 11.7 Å². The van der Waals surface area contributed by atoms with Gasteiger partial charge in [-0.25, -0.2) is 4.39 Å². The molecule has 2 amide bonds. The number of nitrogens with zero attached hydrogens (tertiary/aromatic N) is 1. The molecule has 3 N–H and O–H groups in total. The van der Waals surface area contributed by atoms with E-state index in [0.29, 0.717) is 23.4 Å². The molecule has 0 spiro atoms. The molecule has 122 valence electrons. The summed E-state index contributed by atoms with van der Waals surface area (Å²) in [6, 6.07) is 5.80. The molecular weight excluding hydrogens is 301 g/mol. The first kappa shape index (κ1) is 16.7. The fourth-order valence-electron chi connectivity index (χ4n) is 2.29. The maximum atomic E-state index is 12.9. The summed E-state index contributed by atoms with van der Waals surface area (Å²) in [5.74, 6) is -1.44. The van der Waals surface area contributed by atoms with E-state index in [2.05, 4.69) is 10.5 Å². The lowest BCUT2D eigenvalue weighted by Crippen LogP contribution is -2.37. The largest absolute Gasteiger partial charge is 0.369 e. The molecule has 6 nitrogen and oxygen atoms in total. The number of carbonyl (C=O) groups excluding carboxylic acids is 2. The number of primary amides is 1. The lowest BCUT2D eigenvalue weighted by molar-refractivity contribution is -0.121. The number of carbonyl (C=O) groups is 2. The SMILES string of the molecule is Cc1noc(C)c1C(=O)NC[C@@H](Cc1ccc(F)cc1)C(N)=O. The van der Waals surface area contributed by atoms with E-state index in [-0.39, 0.29) is 18.3 Å². The molecule has 1 aromatic carbocycles. The van der Waals surface area contributed by atoms with Crippen LogP contribution < -0.4 is 11.1 Å². The summed E-state index contributed by atoms with van der Waals surface area (Å²) in [6.45, 7) is 3.38. The van der Waals surface area contributed by atoms with Crippen LogP contribution in [-0.4, -0.2) is 23.5 Å². The molecule has 0 bridgehead atoms. The van der Waals surface area contributed by atoms with Crippen LogP contribution in [0.2, 0.25) is 0 Å². The zero-order valence-corrected chi connectivity index (χ0v) is 12.9. The van der Waals surface area contributed by atoms with E-state index < -0.39 is 11.8 Å². The van der Waals surface area contributed by atoms with Gasteiger partial charge in [-0.3, -0.25) is 9.59 Å². The van der Waals surface area contributed by atoms with Crippen molar-refractivity contribution < 1.29 is 18.5 Å². The number of nitrogens with one attached hydrogen (secondary N) is 1. The molecule has 2 aromatic rings. The van der Waals surface area contributed by atoms with Gasteiger partial charge in [0.05, 0.1) is 11.6 Å². The first-order valence-electron chi connectivity index (χ1n) is 7.13. The first-order chi connectivity index (χ1) is 10.9. The van der Waals surface area contributed by atoms with E-state index in [9.17, 15) is 14.0 Å². The number of hydrogen-bond acceptors (Lipinski definition) is 4. The van der Waals surface area contributed by atoms with Gasteiger partial charge in [-0.2, -0.15) is 0 Å². The molecule has 1 atom stereocenters. The molecule has 1 aromatic heterocycles. The molecule has 0 unspecified atom stereocenters. The average Bonchev–Trinajstić information content (AvgIpc) is 2.84. The first-order valence-corrected chi connectivity index (χ1v) is 7.13. The van der Waals surface area contributed by atoms with Crippen molar-refractivity contribution in [1.82, 2.24) is 10.5 Å². The summed E-state index contributed by atoms with van der Waals surface area (Å²) in [6.07, 6.45) is 0.317. The Balaban J connectivity index is 2.01. The second-order valence-electron chi connectivity index (χ2n) is 5.34. The summed E-state index contributed by atoms with van der Waals surface area (Å²) in [5, 5.41) is 6.38. The number of aryl methyl sites for hydroxylation is 2. The van der Waals surface area contributed by atoms with Crippen LogP contribution in [0.5, 0.6) is 0 Å². The fourth-order valence-corrected chi connectivity index (χ4v) is 2.29. The number of benzene rings is 1. The molecule has 23 heavy (non-hydrogen) atoms. The Labute approximate surface area is 132 Å². The van der Waals surface area contributed by atoms with Crippen molar-refractivity contribution in [3.05, 3.63) is 52.7 Å². The van der Waals surface area contributed by atoms with Gasteiger partial charge in [-0.05, 0) is 38.0 Å². The highest BCUT2D eigenvalue weighted by Crippen LogP contribution is 2.13. The molecule has 0 saturated heterocycles. The minimum Gasteiger partial charge on any atom is -0.369 e. The minimum atomic E-state index is -0.593. The molecule has 0 fully saturated rings. The molecule has 0 aliphatic rings. The van der Waals surface area contributed by atoms with Crippen LogP contribution in [0, 0.1) is 25.6 Å². The highest BCUT2D eigenvalue weighted by atomic mass is 19.1. The molecule has 2 rings (SSSR count). The van der Waals surface area contributed by atoms with Crippen LogP contribution in [-0.2, 0) is 11.2 Å². The lowest BCUT2D eigenvalue weighted by Gasteiger charge is -2.14. The minimum absolute atomic E-state index is 0.0790. The zero-order chi connectivity index (χ0) is 17.0. The highest BCUT2D eigenvalue weighted by Gasteiger charge is 2.21. The number of nitrogens with two attached hydrogens (primary N) is 1. The van der Waals surface area contributed by atoms with Gasteiger partial charge in [0.15, 0.2) is 0 Å². The molecule has 1 heterocycles. The standard InChI is InChI=1S/C16H18FN3O3/c1-9-14(10(2)23-20-9)16(22)19-8-12(15(18)21)7-11-3-5-13(17)6-4-11/h3-6,12H,7-8H2,1-2H3,(H2,18,21)(H,19,22)/t12-/m1/s1. The van der Waals surface area contributed by atoms with E-state index in [1.54, 1.807) is 26.0 Å². The summed E-state index contributed by atoms with van der Waals surface area (Å²) >= 11 is 0. The van der Waals surface area contributed by atoms with E-state index in [1.807, 2.05) is 0 Å². The van der Waals surface area contributed by atoms with Gasteiger partial charge in [0.1, 0.15) is 17.1 Å². The summed E-state index contributed by atoms with van der Waals surface area (Å²) < 4.78 is 17.8. The van der Waals surface area contributed by atoms with Crippen LogP contribution in [0.1, 0.15) is 27.4 Å². The lowest BCUT2D eigenvalue weighted by atomic mass is 9.98. The Morgan fingerprint density at radius 2 is 1.96 bits per heavy atom. The number of hydrogen-bond donors (Lipinski definition) is 2. The predicted molar refractivity (Wildman–Crippen MR) is 81.1 cm³/mol. The van der Waals surface area contributed by atoms with E-state index in [4.69, 9.17) is 10.3 Å². The van der Waals surface area contributed by atoms with Gasteiger partial charge < -0.3 is 15.6 Å². The van der Waals surface area contributed by atoms with Crippen molar-refractivity contribution in [1.29, 1.82) is 0 Å². The van der Waals surface area contributed by atoms with Gasteiger partial charge in [0.25, 0.3) is 5.91 Å². The Kier molecular flexibility index (Phi) is 5.10. The van der Waals surface area contributed by atoms with Crippen LogP contribution in [0.3, 0.4) is 0 Å². The molecular formula is C16H18FN3O3. The summed E-state index contributed by atoms with van der Waals surface area (Å²) in [7, 11) is 0. The van der Waals surface area contributed by atoms with Gasteiger partial charge in [-0.1, -0.05) is 17.3 Å². The van der Waals surface area contributed by atoms with E-state index in [1.165, 1.54) is 12.1 Å². The monoisotopic (exact) mass is 319 g/mol. The maximum Gasteiger partial charge on any atom is 0.256 e. The van der Waals surface area contributed by atoms with Crippen LogP contribution >= 0.6 is 0 Å². The van der Waals surface area contributed by atoms with Crippen LogP contribution in [0.15, 0.2) is 28.8 Å². The topological polar surface area (TPSA) is 98.2 Å². The molecule has 0 radical (unpaired) electrons. The second-order valence-corrected chi connectivity index (χ2v) is 5.34. The van der Waals surface area contributed by atoms with Crippen molar-refractivity contribution in [2.45, 2.75) is 20.3 Å².